The average Bonchev–Trinajstić information content (AvgIpc) is 3.25. The minimum Gasteiger partial charge on any atom is -0.352 e. The molecule has 4 nitrogen and oxygen atoms in total. The second-order valence-electron chi connectivity index (χ2n) is 8.10. The number of amides is 2. The summed E-state index contributed by atoms with van der Waals surface area (Å²) in [4.78, 5) is 26.0. The highest BCUT2D eigenvalue weighted by molar-refractivity contribution is 6.15. The van der Waals surface area contributed by atoms with Crippen molar-refractivity contribution in [3.63, 3.8) is 0 Å². The SMILES string of the molecule is O=C(NCCc1ccccc1)c1ccccc1NC(=O)c1ccc2c3c(cccc13)CC2. The van der Waals surface area contributed by atoms with E-state index in [9.17, 15) is 9.59 Å². The Bertz CT molecular complexity index is 1300. The molecule has 2 N–H and O–H groups in total. The molecule has 0 fully saturated rings. The van der Waals surface area contributed by atoms with Crippen molar-refractivity contribution >= 4 is 28.3 Å². The van der Waals surface area contributed by atoms with E-state index in [1.54, 1.807) is 18.2 Å². The van der Waals surface area contributed by atoms with Gasteiger partial charge in [-0.15, -0.1) is 0 Å². The minimum atomic E-state index is -0.204. The van der Waals surface area contributed by atoms with Gasteiger partial charge in [0.25, 0.3) is 11.8 Å². The fourth-order valence-corrected chi connectivity index (χ4v) is 4.48. The summed E-state index contributed by atoms with van der Waals surface area (Å²) in [5.41, 5.74) is 5.36. The summed E-state index contributed by atoms with van der Waals surface area (Å²) in [6.45, 7) is 0.528. The van der Waals surface area contributed by atoms with Gasteiger partial charge in [0.15, 0.2) is 0 Å². The number of rotatable bonds is 6. The van der Waals surface area contributed by atoms with E-state index in [1.165, 1.54) is 22.1 Å². The Balaban J connectivity index is 1.34. The number of hydrogen-bond acceptors (Lipinski definition) is 2. The van der Waals surface area contributed by atoms with E-state index in [1.807, 2.05) is 54.6 Å². The van der Waals surface area contributed by atoms with Crippen LogP contribution in [0.3, 0.4) is 0 Å². The first-order valence-corrected chi connectivity index (χ1v) is 11.0. The Kier molecular flexibility index (Phi) is 5.42. The lowest BCUT2D eigenvalue weighted by Gasteiger charge is -2.13. The molecule has 0 saturated carbocycles. The summed E-state index contributed by atoms with van der Waals surface area (Å²) in [7, 11) is 0. The summed E-state index contributed by atoms with van der Waals surface area (Å²) < 4.78 is 0. The van der Waals surface area contributed by atoms with Gasteiger partial charge < -0.3 is 10.6 Å². The van der Waals surface area contributed by atoms with Crippen LogP contribution in [-0.2, 0) is 19.3 Å². The zero-order valence-corrected chi connectivity index (χ0v) is 17.7. The van der Waals surface area contributed by atoms with E-state index in [2.05, 4.69) is 22.8 Å². The Morgan fingerprint density at radius 2 is 1.44 bits per heavy atom. The Labute approximate surface area is 187 Å². The van der Waals surface area contributed by atoms with E-state index in [4.69, 9.17) is 0 Å². The molecule has 1 aliphatic carbocycles. The molecule has 0 unspecified atom stereocenters. The molecule has 0 aromatic heterocycles. The first kappa shape index (κ1) is 20.0. The molecule has 4 heteroatoms. The summed E-state index contributed by atoms with van der Waals surface area (Å²) >= 11 is 0. The number of carbonyl (C=O) groups excluding carboxylic acids is 2. The van der Waals surface area contributed by atoms with E-state index < -0.39 is 0 Å². The second kappa shape index (κ2) is 8.67. The predicted octanol–water partition coefficient (Wildman–Crippen LogP) is 5.16. The van der Waals surface area contributed by atoms with Gasteiger partial charge in [-0.3, -0.25) is 9.59 Å². The molecule has 158 valence electrons. The summed E-state index contributed by atoms with van der Waals surface area (Å²) in [5.74, 6) is -0.401. The monoisotopic (exact) mass is 420 g/mol. The van der Waals surface area contributed by atoms with Crippen LogP contribution in [0.5, 0.6) is 0 Å². The van der Waals surface area contributed by atoms with Crippen LogP contribution in [0, 0.1) is 0 Å². The Morgan fingerprint density at radius 3 is 2.28 bits per heavy atom. The summed E-state index contributed by atoms with van der Waals surface area (Å²) in [6, 6.07) is 27.3. The molecule has 32 heavy (non-hydrogen) atoms. The maximum atomic E-state index is 13.2. The van der Waals surface area contributed by atoms with Gasteiger partial charge in [0.2, 0.25) is 0 Å². The van der Waals surface area contributed by atoms with Crippen LogP contribution >= 0.6 is 0 Å². The number of aryl methyl sites for hydroxylation is 2. The Morgan fingerprint density at radius 1 is 0.688 bits per heavy atom. The van der Waals surface area contributed by atoms with Crippen molar-refractivity contribution in [1.29, 1.82) is 0 Å². The lowest BCUT2D eigenvalue weighted by atomic mass is 9.99. The van der Waals surface area contributed by atoms with Crippen LogP contribution in [-0.4, -0.2) is 18.4 Å². The van der Waals surface area contributed by atoms with Gasteiger partial charge in [0, 0.05) is 12.1 Å². The smallest absolute Gasteiger partial charge is 0.256 e. The van der Waals surface area contributed by atoms with E-state index in [0.29, 0.717) is 23.4 Å². The van der Waals surface area contributed by atoms with Crippen molar-refractivity contribution in [2.75, 3.05) is 11.9 Å². The average molecular weight is 421 g/mol. The molecule has 1 aliphatic rings. The molecule has 0 saturated heterocycles. The number of hydrogen-bond donors (Lipinski definition) is 2. The second-order valence-corrected chi connectivity index (χ2v) is 8.10. The zero-order valence-electron chi connectivity index (χ0n) is 17.7. The van der Waals surface area contributed by atoms with Crippen LogP contribution in [0.15, 0.2) is 84.9 Å². The van der Waals surface area contributed by atoms with Crippen LogP contribution in [0.4, 0.5) is 5.69 Å². The van der Waals surface area contributed by atoms with Crippen molar-refractivity contribution in [1.82, 2.24) is 5.32 Å². The molecule has 4 aromatic carbocycles. The molecule has 0 aliphatic heterocycles. The van der Waals surface area contributed by atoms with Crippen molar-refractivity contribution in [2.24, 2.45) is 0 Å². The first-order chi connectivity index (χ1) is 15.7. The minimum absolute atomic E-state index is 0.197. The van der Waals surface area contributed by atoms with Gasteiger partial charge in [0.1, 0.15) is 0 Å². The molecule has 0 heterocycles. The lowest BCUT2D eigenvalue weighted by Crippen LogP contribution is -2.27. The first-order valence-electron chi connectivity index (χ1n) is 11.0. The highest BCUT2D eigenvalue weighted by Crippen LogP contribution is 2.33. The maximum absolute atomic E-state index is 13.2. The summed E-state index contributed by atoms with van der Waals surface area (Å²) in [5, 5.41) is 8.10. The van der Waals surface area contributed by atoms with E-state index in [-0.39, 0.29) is 11.8 Å². The van der Waals surface area contributed by atoms with Gasteiger partial charge in [-0.25, -0.2) is 0 Å². The third-order valence-electron chi connectivity index (χ3n) is 6.08. The lowest BCUT2D eigenvalue weighted by molar-refractivity contribution is 0.0955. The molecular formula is C28H24N2O2. The third kappa shape index (κ3) is 3.87. The highest BCUT2D eigenvalue weighted by Gasteiger charge is 2.20. The van der Waals surface area contributed by atoms with Crippen molar-refractivity contribution in [3.05, 3.63) is 113 Å². The van der Waals surface area contributed by atoms with Crippen LogP contribution in [0.25, 0.3) is 10.8 Å². The standard InChI is InChI=1S/C28H24N2O2/c31-27(29-18-17-19-7-2-1-3-8-19)24-10-4-5-12-25(24)30-28(32)23-16-15-21-14-13-20-9-6-11-22(23)26(20)21/h1-12,15-16H,13-14,17-18H2,(H,29,31)(H,30,32). The number of para-hydroxylation sites is 1. The quantitative estimate of drug-likeness (QED) is 0.452. The molecule has 5 rings (SSSR count). The van der Waals surface area contributed by atoms with Crippen molar-refractivity contribution in [3.8, 4) is 0 Å². The number of nitrogens with one attached hydrogen (secondary N) is 2. The predicted molar refractivity (Wildman–Crippen MR) is 128 cm³/mol. The maximum Gasteiger partial charge on any atom is 0.256 e. The van der Waals surface area contributed by atoms with Gasteiger partial charge in [-0.1, -0.05) is 66.7 Å². The van der Waals surface area contributed by atoms with Crippen molar-refractivity contribution < 1.29 is 9.59 Å². The fourth-order valence-electron chi connectivity index (χ4n) is 4.48. The molecule has 0 atom stereocenters. The molecule has 4 aromatic rings. The van der Waals surface area contributed by atoms with Crippen molar-refractivity contribution in [2.45, 2.75) is 19.3 Å². The molecule has 2 amide bonds. The largest absolute Gasteiger partial charge is 0.352 e. The zero-order chi connectivity index (χ0) is 21.9. The van der Waals surface area contributed by atoms with Crippen LogP contribution in [0.1, 0.15) is 37.4 Å². The Hall–Kier alpha value is -3.92. The normalized spacial score (nSPS) is 12.0. The number of carbonyl (C=O) groups is 2. The van der Waals surface area contributed by atoms with Gasteiger partial charge in [-0.2, -0.15) is 0 Å². The number of benzene rings is 4. The summed E-state index contributed by atoms with van der Waals surface area (Å²) in [6.07, 6.45) is 2.79. The molecule has 0 bridgehead atoms. The van der Waals surface area contributed by atoms with Gasteiger partial charge >= 0.3 is 0 Å². The topological polar surface area (TPSA) is 58.2 Å². The molecule has 0 spiro atoms. The van der Waals surface area contributed by atoms with Crippen LogP contribution in [0.2, 0.25) is 0 Å². The molecular weight excluding hydrogens is 396 g/mol. The fraction of sp³-hybridized carbons (Fsp3) is 0.143. The number of anilines is 1. The van der Waals surface area contributed by atoms with Gasteiger partial charge in [0.05, 0.1) is 11.3 Å². The third-order valence-corrected chi connectivity index (χ3v) is 6.08. The van der Waals surface area contributed by atoms with Gasteiger partial charge in [-0.05, 0) is 64.9 Å². The van der Waals surface area contributed by atoms with E-state index >= 15 is 0 Å². The van der Waals surface area contributed by atoms with Crippen LogP contribution < -0.4 is 10.6 Å². The highest BCUT2D eigenvalue weighted by atomic mass is 16.2. The van der Waals surface area contributed by atoms with E-state index in [0.717, 1.165) is 24.6 Å². The molecule has 0 radical (unpaired) electrons.